The molecule has 3 atom stereocenters. The van der Waals surface area contributed by atoms with Crippen molar-refractivity contribution in [1.82, 2.24) is 10.6 Å². The molecule has 2 aliphatic rings. The first-order valence-corrected chi connectivity index (χ1v) is 7.17. The van der Waals surface area contributed by atoms with Crippen molar-refractivity contribution in [3.8, 4) is 12.3 Å². The Bertz CT molecular complexity index is 445. The van der Waals surface area contributed by atoms with E-state index in [2.05, 4.69) is 21.5 Å². The van der Waals surface area contributed by atoms with Gasteiger partial charge in [0.25, 0.3) is 5.91 Å². The molecule has 1 fully saturated rings. The summed E-state index contributed by atoms with van der Waals surface area (Å²) in [5, 5.41) is 6.31. The van der Waals surface area contributed by atoms with Crippen molar-refractivity contribution in [2.24, 2.45) is 10.9 Å². The molecule has 1 saturated heterocycles. The van der Waals surface area contributed by atoms with Gasteiger partial charge in [-0.2, -0.15) is 0 Å². The van der Waals surface area contributed by atoms with Crippen LogP contribution in [0.3, 0.4) is 0 Å². The molecule has 1 amide bonds. The summed E-state index contributed by atoms with van der Waals surface area (Å²) in [6.45, 7) is 7.01. The van der Waals surface area contributed by atoms with Crippen molar-refractivity contribution in [2.75, 3.05) is 13.2 Å². The summed E-state index contributed by atoms with van der Waals surface area (Å²) in [5.74, 6) is 3.42. The number of carbonyl (C=O) groups excluding carboxylic acids is 1. The van der Waals surface area contributed by atoms with E-state index < -0.39 is 5.54 Å². The summed E-state index contributed by atoms with van der Waals surface area (Å²) in [6, 6.07) is 0.102. The highest BCUT2D eigenvalue weighted by Crippen LogP contribution is 2.27. The van der Waals surface area contributed by atoms with E-state index in [4.69, 9.17) is 11.2 Å². The van der Waals surface area contributed by atoms with E-state index in [1.807, 2.05) is 20.8 Å². The predicted octanol–water partition coefficient (Wildman–Crippen LogP) is 0.700. The van der Waals surface area contributed by atoms with Crippen LogP contribution in [0.2, 0.25) is 0 Å². The van der Waals surface area contributed by atoms with E-state index in [0.29, 0.717) is 6.61 Å². The fraction of sp³-hybridized carbons (Fsp3) is 0.733. The Kier molecular flexibility index (Phi) is 4.46. The molecular formula is C15H23N3O2. The first kappa shape index (κ1) is 15.0. The molecule has 20 heavy (non-hydrogen) atoms. The lowest BCUT2D eigenvalue weighted by atomic mass is 9.89. The van der Waals surface area contributed by atoms with Gasteiger partial charge in [0.15, 0.2) is 0 Å². The maximum Gasteiger partial charge on any atom is 0.253 e. The molecule has 0 aromatic heterocycles. The van der Waals surface area contributed by atoms with Crippen molar-refractivity contribution in [3.05, 3.63) is 0 Å². The SMILES string of the molecule is C#CCOC1CCC(C2=NC(C)(C(C)C)C(=O)N2)NC1. The number of ether oxygens (including phenoxy) is 1. The van der Waals surface area contributed by atoms with Crippen LogP contribution in [0.1, 0.15) is 33.6 Å². The number of piperidine rings is 1. The van der Waals surface area contributed by atoms with Gasteiger partial charge in [0.05, 0.1) is 12.1 Å². The number of rotatable bonds is 4. The largest absolute Gasteiger partial charge is 0.364 e. The fourth-order valence-electron chi connectivity index (χ4n) is 2.50. The number of hydrogen-bond donors (Lipinski definition) is 2. The van der Waals surface area contributed by atoms with Gasteiger partial charge in [-0.3, -0.25) is 9.79 Å². The van der Waals surface area contributed by atoms with Gasteiger partial charge in [-0.1, -0.05) is 19.8 Å². The lowest BCUT2D eigenvalue weighted by Gasteiger charge is -2.29. The van der Waals surface area contributed by atoms with Crippen molar-refractivity contribution < 1.29 is 9.53 Å². The molecule has 2 aliphatic heterocycles. The second-order valence-corrected chi connectivity index (χ2v) is 5.93. The van der Waals surface area contributed by atoms with Gasteiger partial charge in [0.1, 0.15) is 18.0 Å². The highest BCUT2D eigenvalue weighted by atomic mass is 16.5. The standard InChI is InChI=1S/C15H23N3O2/c1-5-8-20-11-6-7-12(16-9-11)13-17-14(19)15(4,18-13)10(2)3/h1,10-12,16H,6-9H2,2-4H3,(H,17,18,19). The molecule has 110 valence electrons. The normalized spacial score (nSPS) is 33.8. The second kappa shape index (κ2) is 5.94. The lowest BCUT2D eigenvalue weighted by Crippen LogP contribution is -2.50. The molecule has 5 nitrogen and oxygen atoms in total. The first-order valence-electron chi connectivity index (χ1n) is 7.17. The van der Waals surface area contributed by atoms with E-state index >= 15 is 0 Å². The van der Waals surface area contributed by atoms with E-state index in [-0.39, 0.29) is 24.0 Å². The Morgan fingerprint density at radius 3 is 2.80 bits per heavy atom. The van der Waals surface area contributed by atoms with E-state index in [1.165, 1.54) is 0 Å². The van der Waals surface area contributed by atoms with Crippen LogP contribution in [0.25, 0.3) is 0 Å². The molecule has 0 spiro atoms. The Morgan fingerprint density at radius 1 is 1.55 bits per heavy atom. The number of amides is 1. The van der Waals surface area contributed by atoms with Crippen LogP contribution in [-0.2, 0) is 9.53 Å². The maximum absolute atomic E-state index is 12.1. The summed E-state index contributed by atoms with van der Waals surface area (Å²) in [7, 11) is 0. The number of aliphatic imine (C=N–C) groups is 1. The van der Waals surface area contributed by atoms with Crippen LogP contribution >= 0.6 is 0 Å². The number of hydrogen-bond acceptors (Lipinski definition) is 4. The van der Waals surface area contributed by atoms with E-state index in [0.717, 1.165) is 25.2 Å². The highest BCUT2D eigenvalue weighted by molar-refractivity contribution is 6.10. The Hall–Kier alpha value is -1.38. The summed E-state index contributed by atoms with van der Waals surface area (Å²) in [5.41, 5.74) is -0.645. The zero-order valence-electron chi connectivity index (χ0n) is 12.4. The maximum atomic E-state index is 12.1. The summed E-state index contributed by atoms with van der Waals surface area (Å²) in [6.07, 6.45) is 7.15. The first-order chi connectivity index (χ1) is 9.47. The monoisotopic (exact) mass is 277 g/mol. The summed E-state index contributed by atoms with van der Waals surface area (Å²) in [4.78, 5) is 16.7. The van der Waals surface area contributed by atoms with Crippen LogP contribution in [0.5, 0.6) is 0 Å². The van der Waals surface area contributed by atoms with Crippen molar-refractivity contribution in [2.45, 2.75) is 51.3 Å². The third-order valence-electron chi connectivity index (χ3n) is 4.28. The van der Waals surface area contributed by atoms with E-state index in [9.17, 15) is 4.79 Å². The Balaban J connectivity index is 1.95. The van der Waals surface area contributed by atoms with Crippen molar-refractivity contribution in [1.29, 1.82) is 0 Å². The van der Waals surface area contributed by atoms with Gasteiger partial charge in [-0.25, -0.2) is 0 Å². The molecule has 0 radical (unpaired) electrons. The van der Waals surface area contributed by atoms with E-state index in [1.54, 1.807) is 0 Å². The van der Waals surface area contributed by atoms with Crippen LogP contribution in [0, 0.1) is 18.3 Å². The van der Waals surface area contributed by atoms with Gasteiger partial charge in [-0.15, -0.1) is 6.42 Å². The molecule has 0 saturated carbocycles. The summed E-state index contributed by atoms with van der Waals surface area (Å²) < 4.78 is 5.52. The quantitative estimate of drug-likeness (QED) is 0.744. The Labute approximate surface area is 120 Å². The number of amidine groups is 1. The minimum Gasteiger partial charge on any atom is -0.364 e. The highest BCUT2D eigenvalue weighted by Gasteiger charge is 2.43. The van der Waals surface area contributed by atoms with Crippen molar-refractivity contribution >= 4 is 11.7 Å². The molecule has 2 N–H and O–H groups in total. The smallest absolute Gasteiger partial charge is 0.253 e. The van der Waals surface area contributed by atoms with Crippen LogP contribution in [0.4, 0.5) is 0 Å². The van der Waals surface area contributed by atoms with Crippen LogP contribution < -0.4 is 10.6 Å². The molecule has 2 heterocycles. The molecular weight excluding hydrogens is 254 g/mol. The molecule has 3 unspecified atom stereocenters. The molecule has 0 aliphatic carbocycles. The predicted molar refractivity (Wildman–Crippen MR) is 78.4 cm³/mol. The molecule has 0 aromatic rings. The zero-order chi connectivity index (χ0) is 14.8. The third kappa shape index (κ3) is 2.87. The molecule has 0 aromatic carbocycles. The van der Waals surface area contributed by atoms with Gasteiger partial charge < -0.3 is 15.4 Å². The topological polar surface area (TPSA) is 62.7 Å². The van der Waals surface area contributed by atoms with Crippen LogP contribution in [-0.4, -0.2) is 42.6 Å². The number of nitrogens with zero attached hydrogens (tertiary/aromatic N) is 1. The Morgan fingerprint density at radius 2 is 2.30 bits per heavy atom. The average molecular weight is 277 g/mol. The average Bonchev–Trinajstić information content (AvgIpc) is 2.74. The van der Waals surface area contributed by atoms with Crippen LogP contribution in [0.15, 0.2) is 4.99 Å². The minimum absolute atomic E-state index is 0.00462. The molecule has 0 bridgehead atoms. The zero-order valence-corrected chi connectivity index (χ0v) is 12.4. The minimum atomic E-state index is -0.645. The van der Waals surface area contributed by atoms with Gasteiger partial charge in [0.2, 0.25) is 0 Å². The lowest BCUT2D eigenvalue weighted by molar-refractivity contribution is -0.124. The number of terminal acetylenes is 1. The van der Waals surface area contributed by atoms with Gasteiger partial charge in [0, 0.05) is 6.54 Å². The molecule has 5 heteroatoms. The van der Waals surface area contributed by atoms with Crippen molar-refractivity contribution in [3.63, 3.8) is 0 Å². The molecule has 2 rings (SSSR count). The second-order valence-electron chi connectivity index (χ2n) is 5.93. The van der Waals surface area contributed by atoms with Gasteiger partial charge >= 0.3 is 0 Å². The van der Waals surface area contributed by atoms with Gasteiger partial charge in [-0.05, 0) is 25.7 Å². The summed E-state index contributed by atoms with van der Waals surface area (Å²) >= 11 is 0. The number of nitrogens with one attached hydrogen (secondary N) is 2. The number of carbonyl (C=O) groups is 1. The third-order valence-corrected chi connectivity index (χ3v) is 4.28. The fourth-order valence-corrected chi connectivity index (χ4v) is 2.50.